The Balaban J connectivity index is 2.29. The normalized spacial score (nSPS) is 9.45. The van der Waals surface area contributed by atoms with E-state index in [4.69, 9.17) is 4.74 Å². The monoisotopic (exact) mass is 268 g/mol. The zero-order valence-corrected chi connectivity index (χ0v) is 10.8. The van der Waals surface area contributed by atoms with E-state index in [-0.39, 0.29) is 5.91 Å². The number of benzene rings is 2. The van der Waals surface area contributed by atoms with Crippen LogP contribution in [0, 0.1) is 0 Å². The smallest absolute Gasteiger partial charge is 0.255 e. The number of hydrogen-bond acceptors (Lipinski definition) is 4. The van der Waals surface area contributed by atoms with E-state index in [2.05, 4.69) is 10.3 Å². The molecule has 0 aliphatic rings. The van der Waals surface area contributed by atoms with E-state index in [0.717, 1.165) is 0 Å². The lowest BCUT2D eigenvalue weighted by atomic mass is 10.2. The lowest BCUT2D eigenvalue weighted by molar-refractivity contribution is 0.102. The Bertz CT molecular complexity index is 662. The quantitative estimate of drug-likeness (QED) is 0.684. The number of rotatable bonds is 4. The number of isocyanates is 1. The van der Waals surface area contributed by atoms with Crippen molar-refractivity contribution in [2.24, 2.45) is 4.99 Å². The van der Waals surface area contributed by atoms with Crippen molar-refractivity contribution in [1.82, 2.24) is 0 Å². The van der Waals surface area contributed by atoms with Gasteiger partial charge in [-0.1, -0.05) is 18.2 Å². The molecule has 0 fully saturated rings. The standard InChI is InChI=1S/C15H12N2O3/c1-20-14-8-7-12(16-10-18)9-13(14)17-15(19)11-5-3-2-4-6-11/h2-9H,1H3,(H,17,19). The Morgan fingerprint density at radius 2 is 1.95 bits per heavy atom. The predicted molar refractivity (Wildman–Crippen MR) is 75.2 cm³/mol. The van der Waals surface area contributed by atoms with Crippen molar-refractivity contribution in [2.75, 3.05) is 12.4 Å². The molecule has 2 aromatic rings. The highest BCUT2D eigenvalue weighted by molar-refractivity contribution is 6.05. The molecular formula is C15H12N2O3. The van der Waals surface area contributed by atoms with Crippen LogP contribution in [0.15, 0.2) is 53.5 Å². The van der Waals surface area contributed by atoms with Crippen LogP contribution in [0.5, 0.6) is 5.75 Å². The lowest BCUT2D eigenvalue weighted by Crippen LogP contribution is -2.12. The number of carbonyl (C=O) groups is 1. The number of amides is 1. The zero-order valence-electron chi connectivity index (χ0n) is 10.8. The van der Waals surface area contributed by atoms with E-state index in [1.165, 1.54) is 13.2 Å². The van der Waals surface area contributed by atoms with Gasteiger partial charge in [0.1, 0.15) is 5.75 Å². The summed E-state index contributed by atoms with van der Waals surface area (Å²) in [6, 6.07) is 13.6. The van der Waals surface area contributed by atoms with Gasteiger partial charge in [0.15, 0.2) is 0 Å². The van der Waals surface area contributed by atoms with Gasteiger partial charge in [-0.05, 0) is 30.3 Å². The summed E-state index contributed by atoms with van der Waals surface area (Å²) in [5.74, 6) is 0.218. The largest absolute Gasteiger partial charge is 0.495 e. The summed E-state index contributed by atoms with van der Waals surface area (Å²) in [4.78, 5) is 25.9. The first-order valence-corrected chi connectivity index (χ1v) is 5.87. The van der Waals surface area contributed by atoms with Crippen molar-refractivity contribution in [1.29, 1.82) is 0 Å². The van der Waals surface area contributed by atoms with Gasteiger partial charge in [0.2, 0.25) is 6.08 Å². The van der Waals surface area contributed by atoms with Crippen LogP contribution >= 0.6 is 0 Å². The highest BCUT2D eigenvalue weighted by Crippen LogP contribution is 2.29. The molecule has 5 nitrogen and oxygen atoms in total. The minimum atomic E-state index is -0.267. The first-order chi connectivity index (χ1) is 9.74. The summed E-state index contributed by atoms with van der Waals surface area (Å²) < 4.78 is 5.16. The predicted octanol–water partition coefficient (Wildman–Crippen LogP) is 2.91. The second-order valence-electron chi connectivity index (χ2n) is 3.91. The molecule has 5 heteroatoms. The maximum atomic E-state index is 12.1. The van der Waals surface area contributed by atoms with E-state index in [9.17, 15) is 9.59 Å². The van der Waals surface area contributed by atoms with Gasteiger partial charge in [0.25, 0.3) is 5.91 Å². The minimum Gasteiger partial charge on any atom is -0.495 e. The molecule has 0 unspecified atom stereocenters. The van der Waals surface area contributed by atoms with Crippen molar-refractivity contribution in [3.63, 3.8) is 0 Å². The fraction of sp³-hybridized carbons (Fsp3) is 0.0667. The summed E-state index contributed by atoms with van der Waals surface area (Å²) in [6.45, 7) is 0. The van der Waals surface area contributed by atoms with Gasteiger partial charge in [-0.15, -0.1) is 0 Å². The number of ether oxygens (including phenoxy) is 1. The summed E-state index contributed by atoms with van der Waals surface area (Å²) in [5, 5.41) is 2.72. The Morgan fingerprint density at radius 1 is 1.20 bits per heavy atom. The average Bonchev–Trinajstić information content (AvgIpc) is 2.49. The number of hydrogen-bond donors (Lipinski definition) is 1. The molecule has 2 aromatic carbocycles. The van der Waals surface area contributed by atoms with Crippen LogP contribution < -0.4 is 10.1 Å². The molecule has 2 rings (SSSR count). The van der Waals surface area contributed by atoms with Crippen molar-refractivity contribution < 1.29 is 14.3 Å². The van der Waals surface area contributed by atoms with Gasteiger partial charge in [-0.25, -0.2) is 4.79 Å². The van der Waals surface area contributed by atoms with Crippen molar-refractivity contribution >= 4 is 23.4 Å². The third kappa shape index (κ3) is 3.10. The van der Waals surface area contributed by atoms with Crippen LogP contribution in [0.3, 0.4) is 0 Å². The molecule has 0 aromatic heterocycles. The van der Waals surface area contributed by atoms with E-state index in [0.29, 0.717) is 22.7 Å². The molecule has 0 aliphatic heterocycles. The van der Waals surface area contributed by atoms with Crippen LogP contribution in [0.1, 0.15) is 10.4 Å². The molecule has 1 amide bonds. The second-order valence-corrected chi connectivity index (χ2v) is 3.91. The maximum absolute atomic E-state index is 12.1. The summed E-state index contributed by atoms with van der Waals surface area (Å²) in [7, 11) is 1.50. The number of anilines is 1. The van der Waals surface area contributed by atoms with Gasteiger partial charge in [0, 0.05) is 5.56 Å². The highest BCUT2D eigenvalue weighted by atomic mass is 16.5. The fourth-order valence-electron chi connectivity index (χ4n) is 1.70. The summed E-state index contributed by atoms with van der Waals surface area (Å²) in [6.07, 6.45) is 1.46. The molecule has 0 saturated carbocycles. The molecular weight excluding hydrogens is 256 g/mol. The third-order valence-corrected chi connectivity index (χ3v) is 2.64. The SMILES string of the molecule is COc1ccc(N=C=O)cc1NC(=O)c1ccccc1. The van der Waals surface area contributed by atoms with Crippen molar-refractivity contribution in [3.05, 3.63) is 54.1 Å². The number of methoxy groups -OCH3 is 1. The first kappa shape index (κ1) is 13.5. The molecule has 100 valence electrons. The Kier molecular flexibility index (Phi) is 4.27. The van der Waals surface area contributed by atoms with Gasteiger partial charge in [0.05, 0.1) is 18.5 Å². The van der Waals surface area contributed by atoms with Gasteiger partial charge in [-0.3, -0.25) is 4.79 Å². The fourth-order valence-corrected chi connectivity index (χ4v) is 1.70. The average molecular weight is 268 g/mol. The topological polar surface area (TPSA) is 67.8 Å². The molecule has 0 aliphatic carbocycles. The molecule has 0 radical (unpaired) electrons. The molecule has 0 spiro atoms. The van der Waals surface area contributed by atoms with Crippen molar-refractivity contribution in [2.45, 2.75) is 0 Å². The van der Waals surface area contributed by atoms with Crippen LogP contribution in [-0.4, -0.2) is 19.1 Å². The Morgan fingerprint density at radius 3 is 2.60 bits per heavy atom. The third-order valence-electron chi connectivity index (χ3n) is 2.64. The highest BCUT2D eigenvalue weighted by Gasteiger charge is 2.10. The number of nitrogens with zero attached hydrogens (tertiary/aromatic N) is 1. The maximum Gasteiger partial charge on any atom is 0.255 e. The van der Waals surface area contributed by atoms with E-state index < -0.39 is 0 Å². The first-order valence-electron chi connectivity index (χ1n) is 5.87. The number of aliphatic imine (C=N–C) groups is 1. The van der Waals surface area contributed by atoms with Crippen molar-refractivity contribution in [3.8, 4) is 5.75 Å². The van der Waals surface area contributed by atoms with Gasteiger partial charge < -0.3 is 10.1 Å². The van der Waals surface area contributed by atoms with E-state index in [1.54, 1.807) is 42.5 Å². The Labute approximate surface area is 115 Å². The van der Waals surface area contributed by atoms with E-state index >= 15 is 0 Å². The lowest BCUT2D eigenvalue weighted by Gasteiger charge is -2.10. The minimum absolute atomic E-state index is 0.267. The molecule has 0 atom stereocenters. The summed E-state index contributed by atoms with van der Waals surface area (Å²) >= 11 is 0. The molecule has 1 N–H and O–H groups in total. The molecule has 0 heterocycles. The van der Waals surface area contributed by atoms with Crippen LogP contribution in [0.2, 0.25) is 0 Å². The van der Waals surface area contributed by atoms with Gasteiger partial charge in [-0.2, -0.15) is 4.99 Å². The molecule has 0 bridgehead atoms. The summed E-state index contributed by atoms with van der Waals surface area (Å²) in [5.41, 5.74) is 1.36. The zero-order chi connectivity index (χ0) is 14.4. The molecule has 20 heavy (non-hydrogen) atoms. The number of carbonyl (C=O) groups excluding carboxylic acids is 2. The van der Waals surface area contributed by atoms with Crippen LogP contribution in [0.4, 0.5) is 11.4 Å². The van der Waals surface area contributed by atoms with Crippen LogP contribution in [-0.2, 0) is 4.79 Å². The number of nitrogens with one attached hydrogen (secondary N) is 1. The van der Waals surface area contributed by atoms with E-state index in [1.807, 2.05) is 6.07 Å². The Hall–Kier alpha value is -2.91. The second kappa shape index (κ2) is 6.31. The van der Waals surface area contributed by atoms with Gasteiger partial charge >= 0.3 is 0 Å². The molecule has 0 saturated heterocycles. The van der Waals surface area contributed by atoms with Crippen LogP contribution in [0.25, 0.3) is 0 Å².